The number of β-amino-alcohol motifs (C(OH)–C–C–N with tert-alkyl or cyclic N) is 1. The third-order valence-electron chi connectivity index (χ3n) is 3.24. The van der Waals surface area contributed by atoms with Crippen LogP contribution in [0.4, 0.5) is 0 Å². The lowest BCUT2D eigenvalue weighted by atomic mass is 10.2. The molecule has 2 unspecified atom stereocenters. The van der Waals surface area contributed by atoms with Crippen LogP contribution in [0.1, 0.15) is 20.3 Å². The third kappa shape index (κ3) is 3.66. The average molecular weight is 279 g/mol. The van der Waals surface area contributed by atoms with E-state index in [-0.39, 0.29) is 12.3 Å². The molecule has 0 saturated carbocycles. The molecular formula is C11H21NO5S. The summed E-state index contributed by atoms with van der Waals surface area (Å²) in [5, 5.41) is 9.13. The molecular weight excluding hydrogens is 258 g/mol. The standard InChI is InChI=1S/C11H21NO5S/c1-8(2)18(15,16)5-4-12-7-9(13)6-10(12)11(14)17-3/h8-10,13H,4-7H2,1-3H3. The fourth-order valence-corrected chi connectivity index (χ4v) is 2.95. The number of nitrogens with zero attached hydrogens (tertiary/aromatic N) is 1. The first-order valence-electron chi connectivity index (χ1n) is 5.99. The van der Waals surface area contributed by atoms with Gasteiger partial charge in [0, 0.05) is 19.5 Å². The molecule has 1 heterocycles. The van der Waals surface area contributed by atoms with Gasteiger partial charge in [-0.15, -0.1) is 0 Å². The third-order valence-corrected chi connectivity index (χ3v) is 5.42. The Bertz CT molecular complexity index is 392. The molecule has 0 spiro atoms. The number of likely N-dealkylation sites (tertiary alicyclic amines) is 1. The number of aliphatic hydroxyl groups excluding tert-OH is 1. The van der Waals surface area contributed by atoms with Crippen LogP contribution in [0.25, 0.3) is 0 Å². The Kier molecular flexibility index (Phi) is 5.12. The second-order valence-corrected chi connectivity index (χ2v) is 7.52. The number of carbonyl (C=O) groups is 1. The highest BCUT2D eigenvalue weighted by atomic mass is 32.2. The average Bonchev–Trinajstić information content (AvgIpc) is 2.67. The van der Waals surface area contributed by atoms with Crippen molar-refractivity contribution in [3.63, 3.8) is 0 Å². The molecule has 1 fully saturated rings. The zero-order chi connectivity index (χ0) is 13.9. The molecule has 18 heavy (non-hydrogen) atoms. The molecule has 1 N–H and O–H groups in total. The summed E-state index contributed by atoms with van der Waals surface area (Å²) in [6, 6.07) is -0.535. The second kappa shape index (κ2) is 5.99. The second-order valence-electron chi connectivity index (χ2n) is 4.84. The Balaban J connectivity index is 2.63. The molecule has 0 aliphatic carbocycles. The summed E-state index contributed by atoms with van der Waals surface area (Å²) in [6.45, 7) is 3.82. The number of hydrogen-bond donors (Lipinski definition) is 1. The van der Waals surface area contributed by atoms with Crippen molar-refractivity contribution in [1.29, 1.82) is 0 Å². The minimum atomic E-state index is -3.13. The van der Waals surface area contributed by atoms with Crippen molar-refractivity contribution in [2.75, 3.05) is 26.0 Å². The Labute approximate surface area is 108 Å². The molecule has 1 aliphatic heterocycles. The lowest BCUT2D eigenvalue weighted by Crippen LogP contribution is -2.40. The van der Waals surface area contributed by atoms with Crippen LogP contribution < -0.4 is 0 Å². The van der Waals surface area contributed by atoms with Gasteiger partial charge in [-0.1, -0.05) is 0 Å². The maximum Gasteiger partial charge on any atom is 0.323 e. The van der Waals surface area contributed by atoms with E-state index < -0.39 is 33.2 Å². The van der Waals surface area contributed by atoms with E-state index in [2.05, 4.69) is 4.74 Å². The normalized spacial score (nSPS) is 25.6. The Morgan fingerprint density at radius 1 is 1.50 bits per heavy atom. The number of aliphatic hydroxyl groups is 1. The quantitative estimate of drug-likeness (QED) is 0.678. The van der Waals surface area contributed by atoms with Crippen molar-refractivity contribution in [1.82, 2.24) is 4.90 Å². The number of rotatable bonds is 5. The minimum Gasteiger partial charge on any atom is -0.468 e. The van der Waals surface area contributed by atoms with Crippen LogP contribution in [-0.4, -0.2) is 67.7 Å². The van der Waals surface area contributed by atoms with E-state index in [1.807, 2.05) is 0 Å². The zero-order valence-corrected chi connectivity index (χ0v) is 11.8. The highest BCUT2D eigenvalue weighted by molar-refractivity contribution is 7.92. The number of ether oxygens (including phenoxy) is 1. The number of hydrogen-bond acceptors (Lipinski definition) is 6. The molecule has 0 amide bonds. The SMILES string of the molecule is COC(=O)C1CC(O)CN1CCS(=O)(=O)C(C)C. The summed E-state index contributed by atoms with van der Waals surface area (Å²) in [7, 11) is -1.85. The van der Waals surface area contributed by atoms with Gasteiger partial charge in [0.15, 0.2) is 9.84 Å². The molecule has 7 heteroatoms. The zero-order valence-electron chi connectivity index (χ0n) is 11.0. The predicted molar refractivity (Wildman–Crippen MR) is 66.9 cm³/mol. The molecule has 1 aliphatic rings. The number of carbonyl (C=O) groups excluding carboxylic acids is 1. The Hall–Kier alpha value is -0.660. The van der Waals surface area contributed by atoms with Gasteiger partial charge in [-0.2, -0.15) is 0 Å². The van der Waals surface area contributed by atoms with Gasteiger partial charge in [-0.3, -0.25) is 9.69 Å². The number of methoxy groups -OCH3 is 1. The van der Waals surface area contributed by atoms with E-state index in [0.717, 1.165) is 0 Å². The Morgan fingerprint density at radius 3 is 2.61 bits per heavy atom. The van der Waals surface area contributed by atoms with E-state index in [1.54, 1.807) is 18.7 Å². The summed E-state index contributed by atoms with van der Waals surface area (Å²) >= 11 is 0. The first kappa shape index (κ1) is 15.4. The molecule has 1 rings (SSSR count). The fourth-order valence-electron chi connectivity index (χ4n) is 1.99. The summed E-state index contributed by atoms with van der Waals surface area (Å²) in [6.07, 6.45) is -0.301. The summed E-state index contributed by atoms with van der Waals surface area (Å²) in [5.41, 5.74) is 0. The van der Waals surface area contributed by atoms with E-state index in [4.69, 9.17) is 0 Å². The van der Waals surface area contributed by atoms with Crippen LogP contribution in [0.3, 0.4) is 0 Å². The van der Waals surface area contributed by atoms with Crippen molar-refractivity contribution in [2.24, 2.45) is 0 Å². The van der Waals surface area contributed by atoms with E-state index in [0.29, 0.717) is 13.0 Å². The lowest BCUT2D eigenvalue weighted by Gasteiger charge is -2.22. The summed E-state index contributed by atoms with van der Waals surface area (Å²) in [4.78, 5) is 13.2. The van der Waals surface area contributed by atoms with E-state index in [1.165, 1.54) is 7.11 Å². The van der Waals surface area contributed by atoms with Crippen LogP contribution in [-0.2, 0) is 19.4 Å². The molecule has 6 nitrogen and oxygen atoms in total. The monoisotopic (exact) mass is 279 g/mol. The van der Waals surface area contributed by atoms with Crippen molar-refractivity contribution < 1.29 is 23.1 Å². The highest BCUT2D eigenvalue weighted by Gasteiger charge is 2.37. The van der Waals surface area contributed by atoms with Crippen LogP contribution in [0.5, 0.6) is 0 Å². The van der Waals surface area contributed by atoms with Crippen molar-refractivity contribution in [3.8, 4) is 0 Å². The first-order valence-corrected chi connectivity index (χ1v) is 7.71. The van der Waals surface area contributed by atoms with Gasteiger partial charge in [0.05, 0.1) is 24.2 Å². The lowest BCUT2D eigenvalue weighted by molar-refractivity contribution is -0.145. The molecule has 0 aromatic rings. The Morgan fingerprint density at radius 2 is 2.11 bits per heavy atom. The fraction of sp³-hybridized carbons (Fsp3) is 0.909. The van der Waals surface area contributed by atoms with E-state index in [9.17, 15) is 18.3 Å². The molecule has 2 atom stereocenters. The molecule has 1 saturated heterocycles. The largest absolute Gasteiger partial charge is 0.468 e. The van der Waals surface area contributed by atoms with Crippen LogP contribution in [0.15, 0.2) is 0 Å². The predicted octanol–water partition coefficient (Wildman–Crippen LogP) is -0.582. The van der Waals surface area contributed by atoms with Gasteiger partial charge < -0.3 is 9.84 Å². The van der Waals surface area contributed by atoms with Gasteiger partial charge in [-0.05, 0) is 13.8 Å². The van der Waals surface area contributed by atoms with Crippen LogP contribution in [0, 0.1) is 0 Å². The van der Waals surface area contributed by atoms with Gasteiger partial charge in [-0.25, -0.2) is 8.42 Å². The van der Waals surface area contributed by atoms with Gasteiger partial charge >= 0.3 is 5.97 Å². The maximum atomic E-state index is 11.7. The summed E-state index contributed by atoms with van der Waals surface area (Å²) < 4.78 is 28.1. The molecule has 0 radical (unpaired) electrons. The van der Waals surface area contributed by atoms with Crippen LogP contribution >= 0.6 is 0 Å². The van der Waals surface area contributed by atoms with Crippen molar-refractivity contribution >= 4 is 15.8 Å². The van der Waals surface area contributed by atoms with Gasteiger partial charge in [0.1, 0.15) is 6.04 Å². The van der Waals surface area contributed by atoms with Gasteiger partial charge in [0.25, 0.3) is 0 Å². The first-order chi connectivity index (χ1) is 8.27. The van der Waals surface area contributed by atoms with Crippen molar-refractivity contribution in [2.45, 2.75) is 37.7 Å². The molecule has 0 bridgehead atoms. The molecule has 106 valence electrons. The molecule has 0 aromatic carbocycles. The van der Waals surface area contributed by atoms with E-state index >= 15 is 0 Å². The number of sulfone groups is 1. The molecule has 0 aromatic heterocycles. The van der Waals surface area contributed by atoms with Gasteiger partial charge in [0.2, 0.25) is 0 Å². The number of esters is 1. The van der Waals surface area contributed by atoms with Crippen molar-refractivity contribution in [3.05, 3.63) is 0 Å². The topological polar surface area (TPSA) is 83.9 Å². The maximum absolute atomic E-state index is 11.7. The highest BCUT2D eigenvalue weighted by Crippen LogP contribution is 2.19. The van der Waals surface area contributed by atoms with Crippen LogP contribution in [0.2, 0.25) is 0 Å². The summed E-state index contributed by atoms with van der Waals surface area (Å²) in [5.74, 6) is -0.432. The minimum absolute atomic E-state index is 0.00905. The smallest absolute Gasteiger partial charge is 0.323 e.